The number of nitrogens with two attached hydrogens (primary N) is 1. The van der Waals surface area contributed by atoms with E-state index in [-0.39, 0.29) is 0 Å². The monoisotopic (exact) mass is 157 g/mol. The molecule has 0 bridgehead atoms. The van der Waals surface area contributed by atoms with Crippen molar-refractivity contribution in [1.82, 2.24) is 0 Å². The van der Waals surface area contributed by atoms with Crippen LogP contribution in [0.2, 0.25) is 0 Å². The van der Waals surface area contributed by atoms with Crippen LogP contribution in [0.4, 0.5) is 13.2 Å². The molecule has 0 aliphatic heterocycles. The third-order valence-corrected chi connectivity index (χ3v) is 1.11. The van der Waals surface area contributed by atoms with Gasteiger partial charge in [-0.05, 0) is 13.8 Å². The minimum atomic E-state index is -4.53. The van der Waals surface area contributed by atoms with Crippen LogP contribution in [0.1, 0.15) is 13.8 Å². The van der Waals surface area contributed by atoms with Crippen molar-refractivity contribution in [3.05, 3.63) is 0 Å². The smallest absolute Gasteiger partial charge is 0.388 e. The first-order valence-electron chi connectivity index (χ1n) is 2.70. The van der Waals surface area contributed by atoms with E-state index in [4.69, 9.17) is 5.11 Å². The molecule has 2 nitrogen and oxygen atoms in total. The Morgan fingerprint density at radius 2 is 1.60 bits per heavy atom. The summed E-state index contributed by atoms with van der Waals surface area (Å²) in [4.78, 5) is 0. The Hall–Kier alpha value is -0.290. The van der Waals surface area contributed by atoms with Crippen LogP contribution in [0.5, 0.6) is 0 Å². The van der Waals surface area contributed by atoms with Crippen molar-refractivity contribution < 1.29 is 18.3 Å². The molecule has 0 rings (SSSR count). The maximum atomic E-state index is 11.7. The number of alkyl halides is 3. The Morgan fingerprint density at radius 3 is 1.60 bits per heavy atom. The number of halogens is 3. The van der Waals surface area contributed by atoms with Crippen molar-refractivity contribution >= 4 is 0 Å². The molecule has 1 atom stereocenters. The molecule has 3 N–H and O–H groups in total. The van der Waals surface area contributed by atoms with Crippen molar-refractivity contribution in [2.75, 3.05) is 0 Å². The molecule has 10 heavy (non-hydrogen) atoms. The van der Waals surface area contributed by atoms with Crippen LogP contribution in [0.3, 0.4) is 0 Å². The van der Waals surface area contributed by atoms with Gasteiger partial charge in [0.25, 0.3) is 0 Å². The Balaban J connectivity index is 4.23. The third-order valence-electron chi connectivity index (χ3n) is 1.11. The molecule has 0 radical (unpaired) electrons. The van der Waals surface area contributed by atoms with E-state index in [1.54, 1.807) is 0 Å². The highest BCUT2D eigenvalue weighted by molar-refractivity contribution is 4.86. The second-order valence-corrected chi connectivity index (χ2v) is 2.67. The normalized spacial score (nSPS) is 17.1. The molecule has 62 valence electrons. The van der Waals surface area contributed by atoms with E-state index in [0.29, 0.717) is 0 Å². The van der Waals surface area contributed by atoms with Crippen LogP contribution in [-0.2, 0) is 0 Å². The molecule has 0 aliphatic rings. The Labute approximate surface area is 56.8 Å². The van der Waals surface area contributed by atoms with Crippen molar-refractivity contribution in [1.29, 1.82) is 0 Å². The quantitative estimate of drug-likeness (QED) is 0.587. The fourth-order valence-corrected chi connectivity index (χ4v) is 0.401. The summed E-state index contributed by atoms with van der Waals surface area (Å²) in [6.07, 6.45) is -4.53. The summed E-state index contributed by atoms with van der Waals surface area (Å²) in [5.74, 6) is 0. The molecule has 0 aromatic heterocycles. The molecule has 0 unspecified atom stereocenters. The van der Waals surface area contributed by atoms with Crippen LogP contribution in [0.25, 0.3) is 0 Å². The Kier molecular flexibility index (Phi) is 2.32. The van der Waals surface area contributed by atoms with Gasteiger partial charge in [0.1, 0.15) is 6.04 Å². The van der Waals surface area contributed by atoms with Crippen LogP contribution >= 0.6 is 0 Å². The van der Waals surface area contributed by atoms with Gasteiger partial charge in [-0.15, -0.1) is 0 Å². The first kappa shape index (κ1) is 9.71. The first-order chi connectivity index (χ1) is 4.15. The highest BCUT2D eigenvalue weighted by Crippen LogP contribution is 2.25. The lowest BCUT2D eigenvalue weighted by Gasteiger charge is -2.27. The second-order valence-electron chi connectivity index (χ2n) is 2.67. The van der Waals surface area contributed by atoms with E-state index in [0.717, 1.165) is 13.8 Å². The molecule has 0 aromatic rings. The maximum absolute atomic E-state index is 11.7. The van der Waals surface area contributed by atoms with Crippen molar-refractivity contribution in [2.24, 2.45) is 5.73 Å². The highest BCUT2D eigenvalue weighted by Gasteiger charge is 2.45. The first-order valence-corrected chi connectivity index (χ1v) is 2.70. The summed E-state index contributed by atoms with van der Waals surface area (Å²) in [5.41, 5.74) is 2.75. The fraction of sp³-hybridized carbons (Fsp3) is 1.00. The predicted molar refractivity (Wildman–Crippen MR) is 30.3 cm³/mol. The largest absolute Gasteiger partial charge is 0.406 e. The van der Waals surface area contributed by atoms with Gasteiger partial charge < -0.3 is 10.8 Å². The minimum absolute atomic E-state index is 1.02. The van der Waals surface area contributed by atoms with Crippen molar-refractivity contribution in [2.45, 2.75) is 31.7 Å². The van der Waals surface area contributed by atoms with Crippen LogP contribution in [-0.4, -0.2) is 22.9 Å². The summed E-state index contributed by atoms with van der Waals surface area (Å²) in [6, 6.07) is -2.18. The van der Waals surface area contributed by atoms with E-state index in [2.05, 4.69) is 5.73 Å². The zero-order chi connectivity index (χ0) is 8.58. The van der Waals surface area contributed by atoms with Gasteiger partial charge in [0.2, 0.25) is 0 Å². The molecular formula is C5H10F3NO. The van der Waals surface area contributed by atoms with E-state index >= 15 is 0 Å². The van der Waals surface area contributed by atoms with Gasteiger partial charge in [-0.3, -0.25) is 0 Å². The summed E-state index contributed by atoms with van der Waals surface area (Å²) >= 11 is 0. The average molecular weight is 157 g/mol. The van der Waals surface area contributed by atoms with Crippen LogP contribution < -0.4 is 5.73 Å². The lowest BCUT2D eigenvalue weighted by molar-refractivity contribution is -0.185. The molecule has 0 aliphatic carbocycles. The Bertz CT molecular complexity index is 101. The number of hydrogen-bond acceptors (Lipinski definition) is 2. The van der Waals surface area contributed by atoms with Gasteiger partial charge in [-0.1, -0.05) is 0 Å². The van der Waals surface area contributed by atoms with E-state index in [9.17, 15) is 13.2 Å². The van der Waals surface area contributed by atoms with Crippen molar-refractivity contribution in [3.8, 4) is 0 Å². The third kappa shape index (κ3) is 2.53. The van der Waals surface area contributed by atoms with Gasteiger partial charge in [0, 0.05) is 0 Å². The molecule has 0 spiro atoms. The number of rotatable bonds is 1. The summed E-state index contributed by atoms with van der Waals surface area (Å²) < 4.78 is 35.0. The average Bonchev–Trinajstić information content (AvgIpc) is 1.59. The van der Waals surface area contributed by atoms with Gasteiger partial charge in [-0.2, -0.15) is 13.2 Å². The lowest BCUT2D eigenvalue weighted by atomic mass is 10.00. The zero-order valence-electron chi connectivity index (χ0n) is 5.74. The van der Waals surface area contributed by atoms with E-state index < -0.39 is 17.8 Å². The van der Waals surface area contributed by atoms with E-state index in [1.165, 1.54) is 0 Å². The molecular weight excluding hydrogens is 147 g/mol. The lowest BCUT2D eigenvalue weighted by Crippen LogP contribution is -2.52. The van der Waals surface area contributed by atoms with E-state index in [1.807, 2.05) is 0 Å². The minimum Gasteiger partial charge on any atom is -0.388 e. The predicted octanol–water partition coefficient (Wildman–Crippen LogP) is 0.647. The molecule has 5 heteroatoms. The summed E-state index contributed by atoms with van der Waals surface area (Å²) in [7, 11) is 0. The Morgan fingerprint density at radius 1 is 1.30 bits per heavy atom. The molecule has 0 heterocycles. The zero-order valence-corrected chi connectivity index (χ0v) is 5.74. The molecule has 0 aromatic carbocycles. The molecule has 0 saturated heterocycles. The fourth-order valence-electron chi connectivity index (χ4n) is 0.401. The topological polar surface area (TPSA) is 46.2 Å². The van der Waals surface area contributed by atoms with Crippen molar-refractivity contribution in [3.63, 3.8) is 0 Å². The number of hydrogen-bond donors (Lipinski definition) is 2. The highest BCUT2D eigenvalue weighted by atomic mass is 19.4. The summed E-state index contributed by atoms with van der Waals surface area (Å²) in [6.45, 7) is 2.04. The van der Waals surface area contributed by atoms with Gasteiger partial charge >= 0.3 is 6.18 Å². The van der Waals surface area contributed by atoms with Crippen LogP contribution in [0.15, 0.2) is 0 Å². The maximum Gasteiger partial charge on any atom is 0.406 e. The van der Waals surface area contributed by atoms with Crippen LogP contribution in [0, 0.1) is 0 Å². The summed E-state index contributed by atoms with van der Waals surface area (Å²) in [5, 5.41) is 8.78. The second kappa shape index (κ2) is 2.39. The van der Waals surface area contributed by atoms with Gasteiger partial charge in [0.05, 0.1) is 5.60 Å². The molecule has 0 saturated carbocycles. The van der Waals surface area contributed by atoms with Gasteiger partial charge in [-0.25, -0.2) is 0 Å². The molecule has 0 fully saturated rings. The van der Waals surface area contributed by atoms with Gasteiger partial charge in [0.15, 0.2) is 0 Å². The number of aliphatic hydroxyl groups is 1. The standard InChI is InChI=1S/C5H10F3NO/c1-4(2,10)3(9)5(6,7)8/h3,10H,9H2,1-2H3/t3-/m1/s1. The molecule has 0 amide bonds. The SMILES string of the molecule is CC(C)(O)[C@@H](N)C(F)(F)F.